The maximum atomic E-state index is 13.0. The smallest absolute Gasteiger partial charge is 0.339 e. The van der Waals surface area contributed by atoms with Crippen LogP contribution in [0, 0.1) is 5.82 Å². The standard InChI is InChI=1S/C23H18FNO5S/c24-18-7-3-16(4-8-18)23(27)17-5-11-20(12-6-17)30-31(28,29)21-13-9-19(10-14-21)25-15-1-2-22(25)26/h3-14H,1-2,15H2. The molecule has 1 aliphatic heterocycles. The van der Waals surface area contributed by atoms with Crippen molar-refractivity contribution in [1.82, 2.24) is 0 Å². The van der Waals surface area contributed by atoms with E-state index in [1.54, 1.807) is 17.0 Å². The van der Waals surface area contributed by atoms with Crippen LogP contribution >= 0.6 is 0 Å². The summed E-state index contributed by atoms with van der Waals surface area (Å²) < 4.78 is 43.3. The lowest BCUT2D eigenvalue weighted by Crippen LogP contribution is -2.23. The Bertz CT molecular complexity index is 1220. The van der Waals surface area contributed by atoms with Crippen molar-refractivity contribution in [3.8, 4) is 5.75 Å². The van der Waals surface area contributed by atoms with Crippen molar-refractivity contribution >= 4 is 27.5 Å². The zero-order valence-electron chi connectivity index (χ0n) is 16.3. The van der Waals surface area contributed by atoms with Crippen LogP contribution in [0.2, 0.25) is 0 Å². The van der Waals surface area contributed by atoms with Crippen LogP contribution in [0.15, 0.2) is 77.7 Å². The largest absolute Gasteiger partial charge is 0.379 e. The number of carbonyl (C=O) groups is 2. The monoisotopic (exact) mass is 439 g/mol. The van der Waals surface area contributed by atoms with Gasteiger partial charge in [-0.3, -0.25) is 9.59 Å². The number of anilines is 1. The minimum atomic E-state index is -4.09. The highest BCUT2D eigenvalue weighted by atomic mass is 32.2. The van der Waals surface area contributed by atoms with Gasteiger partial charge in [0.15, 0.2) is 5.78 Å². The van der Waals surface area contributed by atoms with Gasteiger partial charge in [-0.25, -0.2) is 4.39 Å². The number of amides is 1. The molecule has 4 rings (SSSR count). The van der Waals surface area contributed by atoms with Gasteiger partial charge in [-0.2, -0.15) is 8.42 Å². The molecular formula is C23H18FNO5S. The highest BCUT2D eigenvalue weighted by Gasteiger charge is 2.23. The van der Waals surface area contributed by atoms with E-state index in [2.05, 4.69) is 0 Å². The lowest BCUT2D eigenvalue weighted by Gasteiger charge is -2.16. The predicted octanol–water partition coefficient (Wildman–Crippen LogP) is 3.95. The molecule has 0 unspecified atom stereocenters. The molecule has 8 heteroatoms. The van der Waals surface area contributed by atoms with Crippen LogP contribution in [0.1, 0.15) is 28.8 Å². The van der Waals surface area contributed by atoms with E-state index in [-0.39, 0.29) is 22.3 Å². The lowest BCUT2D eigenvalue weighted by atomic mass is 10.0. The summed E-state index contributed by atoms with van der Waals surface area (Å²) in [4.78, 5) is 25.8. The number of nitrogens with zero attached hydrogens (tertiary/aromatic N) is 1. The minimum absolute atomic E-state index is 0.0159. The second-order valence-corrected chi connectivity index (χ2v) is 8.59. The average molecular weight is 439 g/mol. The van der Waals surface area contributed by atoms with Gasteiger partial charge in [-0.05, 0) is 79.2 Å². The molecule has 1 saturated heterocycles. The third-order valence-corrected chi connectivity index (χ3v) is 6.20. The summed E-state index contributed by atoms with van der Waals surface area (Å²) in [7, 11) is -4.09. The summed E-state index contributed by atoms with van der Waals surface area (Å²) in [5.74, 6) is -0.691. The van der Waals surface area contributed by atoms with Gasteiger partial charge in [0.1, 0.15) is 16.5 Å². The van der Waals surface area contributed by atoms with Crippen LogP contribution in [-0.4, -0.2) is 26.7 Å². The van der Waals surface area contributed by atoms with Gasteiger partial charge in [-0.1, -0.05) is 0 Å². The number of halogens is 1. The molecule has 1 aliphatic rings. The number of rotatable bonds is 6. The Balaban J connectivity index is 1.47. The summed E-state index contributed by atoms with van der Waals surface area (Å²) in [5, 5.41) is 0. The zero-order valence-corrected chi connectivity index (χ0v) is 17.1. The summed E-state index contributed by atoms with van der Waals surface area (Å²) in [6, 6.07) is 16.7. The van der Waals surface area contributed by atoms with Crippen molar-refractivity contribution in [1.29, 1.82) is 0 Å². The van der Waals surface area contributed by atoms with Crippen LogP contribution in [0.4, 0.5) is 10.1 Å². The fourth-order valence-corrected chi connectivity index (χ4v) is 4.25. The van der Waals surface area contributed by atoms with Crippen LogP contribution in [0.25, 0.3) is 0 Å². The van der Waals surface area contributed by atoms with Gasteiger partial charge < -0.3 is 9.08 Å². The molecule has 1 heterocycles. The number of hydrogen-bond donors (Lipinski definition) is 0. The SMILES string of the molecule is O=C(c1ccc(F)cc1)c1ccc(OS(=O)(=O)c2ccc(N3CCCC3=O)cc2)cc1. The number of ketones is 1. The van der Waals surface area contributed by atoms with Crippen LogP contribution in [0.3, 0.4) is 0 Å². The molecule has 3 aromatic rings. The number of carbonyl (C=O) groups excluding carboxylic acids is 2. The molecule has 31 heavy (non-hydrogen) atoms. The highest BCUT2D eigenvalue weighted by Crippen LogP contribution is 2.25. The molecule has 0 spiro atoms. The summed E-state index contributed by atoms with van der Waals surface area (Å²) in [5.41, 5.74) is 1.28. The van der Waals surface area contributed by atoms with E-state index in [4.69, 9.17) is 4.18 Å². The van der Waals surface area contributed by atoms with E-state index in [0.717, 1.165) is 6.42 Å². The molecule has 0 bridgehead atoms. The maximum Gasteiger partial charge on any atom is 0.339 e. The van der Waals surface area contributed by atoms with Crippen molar-refractivity contribution < 1.29 is 26.6 Å². The van der Waals surface area contributed by atoms with E-state index < -0.39 is 15.9 Å². The van der Waals surface area contributed by atoms with Gasteiger partial charge >= 0.3 is 10.1 Å². The second-order valence-electron chi connectivity index (χ2n) is 7.04. The molecule has 3 aromatic carbocycles. The minimum Gasteiger partial charge on any atom is -0.379 e. The van der Waals surface area contributed by atoms with E-state index >= 15 is 0 Å². The summed E-state index contributed by atoms with van der Waals surface area (Å²) >= 11 is 0. The molecule has 1 fully saturated rings. The Kier molecular flexibility index (Phi) is 5.56. The van der Waals surface area contributed by atoms with Crippen LogP contribution in [0.5, 0.6) is 5.75 Å². The van der Waals surface area contributed by atoms with Crippen molar-refractivity contribution in [3.05, 3.63) is 89.7 Å². The van der Waals surface area contributed by atoms with Crippen LogP contribution in [-0.2, 0) is 14.9 Å². The normalized spacial score (nSPS) is 14.0. The Hall–Kier alpha value is -3.52. The topological polar surface area (TPSA) is 80.8 Å². The maximum absolute atomic E-state index is 13.0. The van der Waals surface area contributed by atoms with E-state index in [0.29, 0.717) is 29.8 Å². The summed E-state index contributed by atoms with van der Waals surface area (Å²) in [6.07, 6.45) is 1.27. The van der Waals surface area contributed by atoms with Gasteiger partial charge in [0.2, 0.25) is 5.91 Å². The predicted molar refractivity (Wildman–Crippen MR) is 112 cm³/mol. The fourth-order valence-electron chi connectivity index (χ4n) is 3.32. The first kappa shape index (κ1) is 20.7. The molecule has 158 valence electrons. The molecule has 0 atom stereocenters. The van der Waals surface area contributed by atoms with E-state index in [9.17, 15) is 22.4 Å². The van der Waals surface area contributed by atoms with Crippen LogP contribution < -0.4 is 9.08 Å². The molecule has 0 radical (unpaired) electrons. The quantitative estimate of drug-likeness (QED) is 0.429. The zero-order chi connectivity index (χ0) is 22.0. The fraction of sp³-hybridized carbons (Fsp3) is 0.130. The Morgan fingerprint density at radius 3 is 2.00 bits per heavy atom. The average Bonchev–Trinajstić information content (AvgIpc) is 3.20. The molecule has 6 nitrogen and oxygen atoms in total. The Labute approximate surface area is 179 Å². The first-order valence-electron chi connectivity index (χ1n) is 9.59. The first-order chi connectivity index (χ1) is 14.8. The van der Waals surface area contributed by atoms with Crippen molar-refractivity contribution in [2.45, 2.75) is 17.7 Å². The number of benzene rings is 3. The summed E-state index contributed by atoms with van der Waals surface area (Å²) in [6.45, 7) is 0.615. The third-order valence-electron chi connectivity index (χ3n) is 4.94. The van der Waals surface area contributed by atoms with Crippen molar-refractivity contribution in [3.63, 3.8) is 0 Å². The van der Waals surface area contributed by atoms with Crippen molar-refractivity contribution in [2.75, 3.05) is 11.4 Å². The van der Waals surface area contributed by atoms with Gasteiger partial charge in [-0.15, -0.1) is 0 Å². The Morgan fingerprint density at radius 2 is 1.45 bits per heavy atom. The molecular weight excluding hydrogens is 421 g/mol. The highest BCUT2D eigenvalue weighted by molar-refractivity contribution is 7.87. The van der Waals surface area contributed by atoms with Gasteiger partial charge in [0.25, 0.3) is 0 Å². The Morgan fingerprint density at radius 1 is 0.871 bits per heavy atom. The molecule has 0 aliphatic carbocycles. The number of hydrogen-bond acceptors (Lipinski definition) is 5. The van der Waals surface area contributed by atoms with E-state index in [1.807, 2.05) is 0 Å². The molecule has 0 aromatic heterocycles. The third kappa shape index (κ3) is 4.49. The van der Waals surface area contributed by atoms with Gasteiger partial charge in [0, 0.05) is 29.8 Å². The lowest BCUT2D eigenvalue weighted by molar-refractivity contribution is -0.117. The van der Waals surface area contributed by atoms with E-state index in [1.165, 1.54) is 60.7 Å². The van der Waals surface area contributed by atoms with Crippen molar-refractivity contribution in [2.24, 2.45) is 0 Å². The van der Waals surface area contributed by atoms with Gasteiger partial charge in [0.05, 0.1) is 0 Å². The first-order valence-corrected chi connectivity index (χ1v) is 11.0. The second kappa shape index (κ2) is 8.31. The molecule has 1 amide bonds. The molecule has 0 saturated carbocycles. The molecule has 0 N–H and O–H groups in total.